The van der Waals surface area contributed by atoms with Gasteiger partial charge >= 0.3 is 0 Å². The maximum absolute atomic E-state index is 13.7. The van der Waals surface area contributed by atoms with Gasteiger partial charge in [-0.05, 0) is 25.1 Å². The zero-order valence-electron chi connectivity index (χ0n) is 11.8. The van der Waals surface area contributed by atoms with Gasteiger partial charge in [-0.1, -0.05) is 30.3 Å². The molecule has 3 rings (SSSR count). The number of aromatic nitrogens is 1. The number of carbonyl (C=O) groups excluding carboxylic acids is 1. The molecule has 0 aliphatic rings. The highest BCUT2D eigenvalue weighted by molar-refractivity contribution is 7.09. The third kappa shape index (κ3) is 2.89. The maximum Gasteiger partial charge on any atom is 0.258 e. The van der Waals surface area contributed by atoms with Gasteiger partial charge in [0.1, 0.15) is 5.82 Å². The summed E-state index contributed by atoms with van der Waals surface area (Å²) >= 11 is 1.54. The van der Waals surface area contributed by atoms with E-state index in [9.17, 15) is 9.18 Å². The molecule has 0 radical (unpaired) electrons. The number of carbonyl (C=O) groups is 1. The van der Waals surface area contributed by atoms with Gasteiger partial charge in [0.2, 0.25) is 0 Å². The lowest BCUT2D eigenvalue weighted by atomic mass is 10.1. The average molecular weight is 312 g/mol. The Morgan fingerprint density at radius 2 is 1.86 bits per heavy atom. The molecule has 0 bridgehead atoms. The van der Waals surface area contributed by atoms with Crippen LogP contribution in [0.25, 0.3) is 11.3 Å². The summed E-state index contributed by atoms with van der Waals surface area (Å²) < 4.78 is 13.7. The summed E-state index contributed by atoms with van der Waals surface area (Å²) in [4.78, 5) is 16.7. The van der Waals surface area contributed by atoms with Gasteiger partial charge in [-0.2, -0.15) is 0 Å². The number of nitrogens with one attached hydrogen (secondary N) is 1. The average Bonchev–Trinajstić information content (AvgIpc) is 2.94. The van der Waals surface area contributed by atoms with E-state index in [2.05, 4.69) is 10.3 Å². The van der Waals surface area contributed by atoms with Crippen LogP contribution in [0, 0.1) is 12.7 Å². The Morgan fingerprint density at radius 3 is 2.59 bits per heavy atom. The number of hydrogen-bond donors (Lipinski definition) is 1. The molecule has 110 valence electrons. The van der Waals surface area contributed by atoms with Gasteiger partial charge in [0, 0.05) is 10.9 Å². The summed E-state index contributed by atoms with van der Waals surface area (Å²) in [6.45, 7) is 1.93. The first-order valence-electron chi connectivity index (χ1n) is 6.72. The molecule has 0 saturated carbocycles. The highest BCUT2D eigenvalue weighted by Gasteiger charge is 2.14. The van der Waals surface area contributed by atoms with Gasteiger partial charge in [-0.25, -0.2) is 9.37 Å². The summed E-state index contributed by atoms with van der Waals surface area (Å²) in [5.74, 6) is -1.01. The molecule has 0 aliphatic carbocycles. The number of amides is 1. The minimum absolute atomic E-state index is 0.0201. The fourth-order valence-corrected chi connectivity index (χ4v) is 2.75. The Balaban J connectivity index is 1.93. The van der Waals surface area contributed by atoms with Crippen molar-refractivity contribution in [2.24, 2.45) is 0 Å². The molecule has 0 saturated heterocycles. The summed E-state index contributed by atoms with van der Waals surface area (Å²) in [6.07, 6.45) is 0. The smallest absolute Gasteiger partial charge is 0.258 e. The van der Waals surface area contributed by atoms with Gasteiger partial charge in [0.15, 0.2) is 0 Å². The molecule has 0 fully saturated rings. The van der Waals surface area contributed by atoms with E-state index in [1.54, 1.807) is 29.5 Å². The number of benzene rings is 2. The van der Waals surface area contributed by atoms with Crippen molar-refractivity contribution in [2.45, 2.75) is 6.92 Å². The number of halogens is 1. The zero-order valence-corrected chi connectivity index (χ0v) is 12.7. The number of anilines is 1. The Kier molecular flexibility index (Phi) is 3.98. The van der Waals surface area contributed by atoms with E-state index in [0.29, 0.717) is 5.69 Å². The summed E-state index contributed by atoms with van der Waals surface area (Å²) in [6, 6.07) is 13.3. The third-order valence-electron chi connectivity index (χ3n) is 3.19. The van der Waals surface area contributed by atoms with Gasteiger partial charge in [-0.15, -0.1) is 11.3 Å². The second-order valence-corrected chi connectivity index (χ2v) is 5.79. The fourth-order valence-electron chi connectivity index (χ4n) is 2.14. The molecule has 1 aromatic heterocycles. The van der Waals surface area contributed by atoms with E-state index in [0.717, 1.165) is 16.3 Å². The van der Waals surface area contributed by atoms with Crippen LogP contribution in [0.3, 0.4) is 0 Å². The molecule has 5 heteroatoms. The topological polar surface area (TPSA) is 42.0 Å². The van der Waals surface area contributed by atoms with Crippen LogP contribution in [0.15, 0.2) is 53.9 Å². The van der Waals surface area contributed by atoms with Crippen LogP contribution in [0.1, 0.15) is 15.4 Å². The van der Waals surface area contributed by atoms with E-state index >= 15 is 0 Å². The molecule has 0 unspecified atom stereocenters. The number of thiazole rings is 1. The Bertz CT molecular complexity index is 829. The number of hydrogen-bond acceptors (Lipinski definition) is 3. The highest BCUT2D eigenvalue weighted by atomic mass is 32.1. The molecule has 1 amide bonds. The SMILES string of the molecule is Cc1nc(-c2ccccc2NC(=O)c2ccccc2F)cs1. The normalized spacial score (nSPS) is 10.5. The number of para-hydroxylation sites is 1. The van der Waals surface area contributed by atoms with Crippen molar-refractivity contribution >= 4 is 22.9 Å². The van der Waals surface area contributed by atoms with Crippen molar-refractivity contribution in [1.29, 1.82) is 0 Å². The van der Waals surface area contributed by atoms with Crippen molar-refractivity contribution in [1.82, 2.24) is 4.98 Å². The van der Waals surface area contributed by atoms with Crippen molar-refractivity contribution < 1.29 is 9.18 Å². The lowest BCUT2D eigenvalue weighted by Crippen LogP contribution is -2.14. The molecule has 0 aliphatic heterocycles. The van der Waals surface area contributed by atoms with Crippen LogP contribution in [0.5, 0.6) is 0 Å². The van der Waals surface area contributed by atoms with Gasteiger partial charge in [0.25, 0.3) is 5.91 Å². The lowest BCUT2D eigenvalue weighted by molar-refractivity contribution is 0.102. The van der Waals surface area contributed by atoms with Crippen molar-refractivity contribution in [3.63, 3.8) is 0 Å². The van der Waals surface area contributed by atoms with Gasteiger partial charge in [-0.3, -0.25) is 4.79 Å². The Morgan fingerprint density at radius 1 is 1.14 bits per heavy atom. The standard InChI is InChI=1S/C17H13FN2OS/c1-11-19-16(10-22-11)13-7-3-5-9-15(13)20-17(21)12-6-2-4-8-14(12)18/h2-10H,1H3,(H,20,21). The van der Waals surface area contributed by atoms with Crippen molar-refractivity contribution in [3.05, 3.63) is 70.3 Å². The molecule has 22 heavy (non-hydrogen) atoms. The first kappa shape index (κ1) is 14.4. The molecular weight excluding hydrogens is 299 g/mol. The number of aryl methyl sites for hydroxylation is 1. The van der Waals surface area contributed by atoms with Crippen LogP contribution in [-0.4, -0.2) is 10.9 Å². The van der Waals surface area contributed by atoms with Gasteiger partial charge < -0.3 is 5.32 Å². The third-order valence-corrected chi connectivity index (χ3v) is 3.96. The second kappa shape index (κ2) is 6.07. The highest BCUT2D eigenvalue weighted by Crippen LogP contribution is 2.29. The van der Waals surface area contributed by atoms with Crippen LogP contribution in [0.4, 0.5) is 10.1 Å². The predicted molar refractivity (Wildman–Crippen MR) is 86.6 cm³/mol. The van der Waals surface area contributed by atoms with Gasteiger partial charge in [0.05, 0.1) is 22.0 Å². The largest absolute Gasteiger partial charge is 0.321 e. The fraction of sp³-hybridized carbons (Fsp3) is 0.0588. The first-order chi connectivity index (χ1) is 10.6. The summed E-state index contributed by atoms with van der Waals surface area (Å²) in [5, 5.41) is 5.64. The van der Waals surface area contributed by atoms with E-state index in [-0.39, 0.29) is 5.56 Å². The van der Waals surface area contributed by atoms with Crippen LogP contribution in [-0.2, 0) is 0 Å². The van der Waals surface area contributed by atoms with Crippen LogP contribution in [0.2, 0.25) is 0 Å². The van der Waals surface area contributed by atoms with Crippen molar-refractivity contribution in [2.75, 3.05) is 5.32 Å². The van der Waals surface area contributed by atoms with E-state index in [1.807, 2.05) is 30.5 Å². The predicted octanol–water partition coefficient (Wildman–Crippen LogP) is 4.51. The second-order valence-electron chi connectivity index (χ2n) is 4.73. The van der Waals surface area contributed by atoms with Crippen LogP contribution < -0.4 is 5.32 Å². The number of rotatable bonds is 3. The molecule has 1 N–H and O–H groups in total. The molecule has 0 atom stereocenters. The minimum Gasteiger partial charge on any atom is -0.321 e. The van der Waals surface area contributed by atoms with E-state index < -0.39 is 11.7 Å². The molecule has 1 heterocycles. The Labute approximate surface area is 131 Å². The summed E-state index contributed by atoms with van der Waals surface area (Å²) in [7, 11) is 0. The lowest BCUT2D eigenvalue weighted by Gasteiger charge is -2.10. The molecule has 2 aromatic carbocycles. The monoisotopic (exact) mass is 312 g/mol. The number of nitrogens with zero attached hydrogens (tertiary/aromatic N) is 1. The quantitative estimate of drug-likeness (QED) is 0.773. The molecule has 0 spiro atoms. The van der Waals surface area contributed by atoms with E-state index in [4.69, 9.17) is 0 Å². The molecule has 3 nitrogen and oxygen atoms in total. The van der Waals surface area contributed by atoms with Crippen LogP contribution >= 0.6 is 11.3 Å². The van der Waals surface area contributed by atoms with Crippen molar-refractivity contribution in [3.8, 4) is 11.3 Å². The first-order valence-corrected chi connectivity index (χ1v) is 7.60. The molecule has 3 aromatic rings. The van der Waals surface area contributed by atoms with E-state index in [1.165, 1.54) is 12.1 Å². The zero-order chi connectivity index (χ0) is 15.5. The Hall–Kier alpha value is -2.53. The summed E-state index contributed by atoms with van der Waals surface area (Å²) in [5.41, 5.74) is 2.25. The molecular formula is C17H13FN2OS. The maximum atomic E-state index is 13.7. The minimum atomic E-state index is -0.540.